The number of amides is 1. The van der Waals surface area contributed by atoms with Crippen molar-refractivity contribution >= 4 is 22.5 Å². The van der Waals surface area contributed by atoms with E-state index in [0.29, 0.717) is 5.69 Å². The van der Waals surface area contributed by atoms with Crippen molar-refractivity contribution in [2.24, 2.45) is 0 Å². The van der Waals surface area contributed by atoms with Gasteiger partial charge in [-0.2, -0.15) is 0 Å². The molecule has 3 rings (SSSR count). The van der Waals surface area contributed by atoms with Crippen molar-refractivity contribution in [1.82, 2.24) is 9.97 Å². The van der Waals surface area contributed by atoms with Gasteiger partial charge in [0.25, 0.3) is 11.5 Å². The van der Waals surface area contributed by atoms with Crippen LogP contribution < -0.4 is 10.9 Å². The fourth-order valence-electron chi connectivity index (χ4n) is 1.91. The highest BCUT2D eigenvalue weighted by Crippen LogP contribution is 2.15. The molecule has 0 aliphatic heterocycles. The van der Waals surface area contributed by atoms with E-state index in [1.54, 1.807) is 18.2 Å². The van der Waals surface area contributed by atoms with Crippen LogP contribution in [0.5, 0.6) is 0 Å². The molecule has 0 atom stereocenters. The molecule has 5 heteroatoms. The Labute approximate surface area is 108 Å². The number of H-pyrrole nitrogens is 2. The molecule has 2 aromatic heterocycles. The summed E-state index contributed by atoms with van der Waals surface area (Å²) in [6, 6.07) is 12.6. The Hall–Kier alpha value is -2.82. The Morgan fingerprint density at radius 1 is 1.11 bits per heavy atom. The summed E-state index contributed by atoms with van der Waals surface area (Å²) in [5.74, 6) is -0.340. The molecule has 0 bridgehead atoms. The van der Waals surface area contributed by atoms with Gasteiger partial charge in [0.05, 0.1) is 0 Å². The number of pyridine rings is 1. The molecule has 0 radical (unpaired) electrons. The van der Waals surface area contributed by atoms with Gasteiger partial charge >= 0.3 is 0 Å². The zero-order valence-corrected chi connectivity index (χ0v) is 9.94. The number of benzene rings is 1. The Bertz CT molecular complexity index is 768. The van der Waals surface area contributed by atoms with E-state index < -0.39 is 0 Å². The van der Waals surface area contributed by atoms with Crippen molar-refractivity contribution in [3.8, 4) is 0 Å². The van der Waals surface area contributed by atoms with Crippen molar-refractivity contribution in [2.75, 3.05) is 5.32 Å². The second-order valence-corrected chi connectivity index (χ2v) is 4.14. The van der Waals surface area contributed by atoms with Crippen LogP contribution in [0.3, 0.4) is 0 Å². The summed E-state index contributed by atoms with van der Waals surface area (Å²) in [7, 11) is 0. The third kappa shape index (κ3) is 2.13. The molecule has 0 spiro atoms. The Morgan fingerprint density at radius 3 is 2.74 bits per heavy atom. The first-order valence-electron chi connectivity index (χ1n) is 5.81. The van der Waals surface area contributed by atoms with Crippen molar-refractivity contribution in [1.29, 1.82) is 0 Å². The number of hydrogen-bond donors (Lipinski definition) is 3. The maximum absolute atomic E-state index is 12.0. The van der Waals surface area contributed by atoms with Crippen LogP contribution in [0.4, 0.5) is 5.69 Å². The number of carbonyl (C=O) groups excluding carboxylic acids is 1. The van der Waals surface area contributed by atoms with Gasteiger partial charge in [0.15, 0.2) is 0 Å². The van der Waals surface area contributed by atoms with Crippen LogP contribution in [0.15, 0.2) is 53.5 Å². The molecule has 0 saturated carbocycles. The number of aromatic amines is 2. The average molecular weight is 253 g/mol. The first kappa shape index (κ1) is 11.3. The Kier molecular flexibility index (Phi) is 2.64. The quantitative estimate of drug-likeness (QED) is 0.654. The molecule has 0 aliphatic carbocycles. The molecule has 5 nitrogen and oxygen atoms in total. The van der Waals surface area contributed by atoms with E-state index in [2.05, 4.69) is 15.3 Å². The lowest BCUT2D eigenvalue weighted by Crippen LogP contribution is -2.19. The number of rotatable bonds is 2. The molecule has 0 fully saturated rings. The molecular formula is C14H11N3O2. The fraction of sp³-hybridized carbons (Fsp3) is 0. The SMILES string of the molecule is O=C(Nc1ccc[nH]c1=O)c1cc2ccccc2[nH]1. The summed E-state index contributed by atoms with van der Waals surface area (Å²) in [6.07, 6.45) is 1.51. The molecule has 19 heavy (non-hydrogen) atoms. The average Bonchev–Trinajstić information content (AvgIpc) is 2.85. The molecular weight excluding hydrogens is 242 g/mol. The lowest BCUT2D eigenvalue weighted by molar-refractivity contribution is 0.102. The first-order valence-corrected chi connectivity index (χ1v) is 5.81. The second-order valence-electron chi connectivity index (χ2n) is 4.14. The number of nitrogens with one attached hydrogen (secondary N) is 3. The van der Waals surface area contributed by atoms with Gasteiger partial charge in [-0.15, -0.1) is 0 Å². The van der Waals surface area contributed by atoms with E-state index in [9.17, 15) is 9.59 Å². The van der Waals surface area contributed by atoms with E-state index in [0.717, 1.165) is 10.9 Å². The molecule has 0 saturated heterocycles. The van der Waals surface area contributed by atoms with Gasteiger partial charge in [0.2, 0.25) is 0 Å². The highest BCUT2D eigenvalue weighted by molar-refractivity contribution is 6.05. The van der Waals surface area contributed by atoms with Crippen LogP contribution in [0, 0.1) is 0 Å². The Balaban J connectivity index is 1.92. The summed E-state index contributed by atoms with van der Waals surface area (Å²) in [6.45, 7) is 0. The van der Waals surface area contributed by atoms with Gasteiger partial charge in [-0.25, -0.2) is 0 Å². The summed E-state index contributed by atoms with van der Waals surface area (Å²) in [4.78, 5) is 29.0. The maximum Gasteiger partial charge on any atom is 0.272 e. The largest absolute Gasteiger partial charge is 0.351 e. The lowest BCUT2D eigenvalue weighted by Gasteiger charge is -2.01. The smallest absolute Gasteiger partial charge is 0.272 e. The number of fused-ring (bicyclic) bond motifs is 1. The third-order valence-corrected chi connectivity index (χ3v) is 2.84. The van der Waals surface area contributed by atoms with Crippen LogP contribution in [0.1, 0.15) is 10.5 Å². The van der Waals surface area contributed by atoms with Crippen LogP contribution in [0.25, 0.3) is 10.9 Å². The topological polar surface area (TPSA) is 77.8 Å². The van der Waals surface area contributed by atoms with Crippen LogP contribution in [-0.2, 0) is 0 Å². The standard InChI is InChI=1S/C14H11N3O2/c18-13-11(6-3-7-15-13)17-14(19)12-8-9-4-1-2-5-10(9)16-12/h1-8,16H,(H,15,18)(H,17,19). The first-order chi connectivity index (χ1) is 9.24. The fourth-order valence-corrected chi connectivity index (χ4v) is 1.91. The van der Waals surface area contributed by atoms with Crippen molar-refractivity contribution < 1.29 is 4.79 Å². The minimum atomic E-state index is -0.340. The monoisotopic (exact) mass is 253 g/mol. The lowest BCUT2D eigenvalue weighted by atomic mass is 10.2. The summed E-state index contributed by atoms with van der Waals surface area (Å²) in [5, 5.41) is 3.53. The van der Waals surface area contributed by atoms with E-state index >= 15 is 0 Å². The van der Waals surface area contributed by atoms with Crippen LogP contribution in [0.2, 0.25) is 0 Å². The summed E-state index contributed by atoms with van der Waals surface area (Å²) in [5.41, 5.74) is 1.21. The van der Waals surface area contributed by atoms with Crippen LogP contribution in [-0.4, -0.2) is 15.9 Å². The number of aromatic nitrogens is 2. The molecule has 1 amide bonds. The molecule has 3 N–H and O–H groups in total. The van der Waals surface area contributed by atoms with E-state index in [1.165, 1.54) is 6.20 Å². The van der Waals surface area contributed by atoms with E-state index in [1.807, 2.05) is 24.3 Å². The minimum Gasteiger partial charge on any atom is -0.351 e. The number of carbonyl (C=O) groups is 1. The normalized spacial score (nSPS) is 10.5. The molecule has 2 heterocycles. The second kappa shape index (κ2) is 4.45. The van der Waals surface area contributed by atoms with Crippen molar-refractivity contribution in [3.63, 3.8) is 0 Å². The zero-order chi connectivity index (χ0) is 13.2. The van der Waals surface area contributed by atoms with E-state index in [-0.39, 0.29) is 17.2 Å². The van der Waals surface area contributed by atoms with Gasteiger partial charge < -0.3 is 15.3 Å². The highest BCUT2D eigenvalue weighted by atomic mass is 16.2. The molecule has 0 aliphatic rings. The van der Waals surface area contributed by atoms with Gasteiger partial charge in [0.1, 0.15) is 11.4 Å². The highest BCUT2D eigenvalue weighted by Gasteiger charge is 2.10. The maximum atomic E-state index is 12.0. The van der Waals surface area contributed by atoms with Crippen LogP contribution >= 0.6 is 0 Å². The van der Waals surface area contributed by atoms with Gasteiger partial charge in [0, 0.05) is 17.1 Å². The van der Waals surface area contributed by atoms with Gasteiger partial charge in [-0.1, -0.05) is 18.2 Å². The number of anilines is 1. The van der Waals surface area contributed by atoms with Gasteiger partial charge in [-0.3, -0.25) is 9.59 Å². The predicted octanol–water partition coefficient (Wildman–Crippen LogP) is 2.11. The zero-order valence-electron chi connectivity index (χ0n) is 9.94. The number of para-hydroxylation sites is 1. The molecule has 3 aromatic rings. The van der Waals surface area contributed by atoms with Crippen molar-refractivity contribution in [3.05, 3.63) is 64.7 Å². The Morgan fingerprint density at radius 2 is 1.95 bits per heavy atom. The molecule has 1 aromatic carbocycles. The molecule has 0 unspecified atom stereocenters. The minimum absolute atomic E-state index is 0.228. The summed E-state index contributed by atoms with van der Waals surface area (Å²) >= 11 is 0. The predicted molar refractivity (Wildman–Crippen MR) is 73.3 cm³/mol. The van der Waals surface area contributed by atoms with Crippen molar-refractivity contribution in [2.45, 2.75) is 0 Å². The third-order valence-electron chi connectivity index (χ3n) is 2.84. The van der Waals surface area contributed by atoms with Gasteiger partial charge in [-0.05, 0) is 24.3 Å². The summed E-state index contributed by atoms with van der Waals surface area (Å²) < 4.78 is 0. The molecule has 94 valence electrons. The number of hydrogen-bond acceptors (Lipinski definition) is 2. The van der Waals surface area contributed by atoms with E-state index in [4.69, 9.17) is 0 Å².